The van der Waals surface area contributed by atoms with Gasteiger partial charge >= 0.3 is 0 Å². The summed E-state index contributed by atoms with van der Waals surface area (Å²) in [6.07, 6.45) is 2.36. The summed E-state index contributed by atoms with van der Waals surface area (Å²) in [6, 6.07) is 9.21. The second-order valence-corrected chi connectivity index (χ2v) is 5.32. The summed E-state index contributed by atoms with van der Waals surface area (Å²) in [4.78, 5) is 0. The highest BCUT2D eigenvalue weighted by Gasteiger charge is 2.31. The lowest BCUT2D eigenvalue weighted by atomic mass is 9.75. The molecule has 1 aliphatic carbocycles. The monoisotopic (exact) mass is 253 g/mol. The lowest BCUT2D eigenvalue weighted by Gasteiger charge is -2.38. The van der Waals surface area contributed by atoms with Gasteiger partial charge in [0.2, 0.25) is 0 Å². The van der Waals surface area contributed by atoms with E-state index >= 15 is 0 Å². The van der Waals surface area contributed by atoms with Crippen LogP contribution in [0.2, 0.25) is 5.02 Å². The molecule has 0 aliphatic heterocycles. The van der Waals surface area contributed by atoms with Gasteiger partial charge < -0.3 is 10.1 Å². The second-order valence-electron chi connectivity index (χ2n) is 4.91. The average Bonchev–Trinajstić information content (AvgIpc) is 2.25. The van der Waals surface area contributed by atoms with Crippen LogP contribution >= 0.6 is 11.6 Å². The Morgan fingerprint density at radius 3 is 2.76 bits per heavy atom. The molecule has 17 heavy (non-hydrogen) atoms. The molecule has 1 aromatic carbocycles. The van der Waals surface area contributed by atoms with Gasteiger partial charge in [0.25, 0.3) is 0 Å². The molecule has 1 fully saturated rings. The van der Waals surface area contributed by atoms with Gasteiger partial charge in [0.1, 0.15) is 0 Å². The van der Waals surface area contributed by atoms with E-state index in [1.54, 1.807) is 7.11 Å². The van der Waals surface area contributed by atoms with Crippen LogP contribution in [0.3, 0.4) is 0 Å². The van der Waals surface area contributed by atoms with Crippen LogP contribution in [0.5, 0.6) is 0 Å². The topological polar surface area (TPSA) is 21.3 Å². The number of nitrogens with one attached hydrogen (secondary N) is 1. The summed E-state index contributed by atoms with van der Waals surface area (Å²) in [6.45, 7) is 2.93. The molecule has 2 nitrogen and oxygen atoms in total. The molecule has 0 bridgehead atoms. The van der Waals surface area contributed by atoms with E-state index in [2.05, 4.69) is 24.4 Å². The van der Waals surface area contributed by atoms with Gasteiger partial charge in [0, 0.05) is 24.2 Å². The number of halogens is 1. The van der Waals surface area contributed by atoms with E-state index in [1.807, 2.05) is 12.1 Å². The Morgan fingerprint density at radius 1 is 1.41 bits per heavy atom. The molecule has 1 atom stereocenters. The molecular weight excluding hydrogens is 234 g/mol. The van der Waals surface area contributed by atoms with E-state index in [4.69, 9.17) is 16.3 Å². The van der Waals surface area contributed by atoms with Crippen LogP contribution in [0, 0.1) is 0 Å². The average molecular weight is 254 g/mol. The van der Waals surface area contributed by atoms with Crippen molar-refractivity contribution in [1.29, 1.82) is 0 Å². The van der Waals surface area contributed by atoms with Crippen LogP contribution in [0.1, 0.15) is 31.2 Å². The fourth-order valence-corrected chi connectivity index (χ4v) is 2.80. The van der Waals surface area contributed by atoms with Crippen LogP contribution in [-0.4, -0.2) is 25.8 Å². The Labute approximate surface area is 108 Å². The lowest BCUT2D eigenvalue weighted by molar-refractivity contribution is 0.152. The maximum atomic E-state index is 6.19. The normalized spacial score (nSPS) is 25.4. The van der Waals surface area contributed by atoms with Crippen molar-refractivity contribution < 1.29 is 4.74 Å². The van der Waals surface area contributed by atoms with Crippen molar-refractivity contribution in [2.24, 2.45) is 0 Å². The molecule has 0 amide bonds. The van der Waals surface area contributed by atoms with Gasteiger partial charge in [-0.15, -0.1) is 0 Å². The standard InChI is InChI=1S/C14H20ClNO/c1-10(9-17-2)16-12-7-11(8-12)13-5-3-4-6-14(13)15/h3-6,10-12,16H,7-9H2,1-2H3. The Hall–Kier alpha value is -0.570. The lowest BCUT2D eigenvalue weighted by Crippen LogP contribution is -2.46. The summed E-state index contributed by atoms with van der Waals surface area (Å²) < 4.78 is 5.12. The van der Waals surface area contributed by atoms with Crippen LogP contribution in [0.15, 0.2) is 24.3 Å². The van der Waals surface area contributed by atoms with Crippen LogP contribution in [0.25, 0.3) is 0 Å². The molecule has 1 unspecified atom stereocenters. The third kappa shape index (κ3) is 3.21. The zero-order chi connectivity index (χ0) is 12.3. The smallest absolute Gasteiger partial charge is 0.0613 e. The van der Waals surface area contributed by atoms with Gasteiger partial charge in [0.05, 0.1) is 6.61 Å². The van der Waals surface area contributed by atoms with E-state index in [0.717, 1.165) is 11.6 Å². The molecule has 1 aliphatic rings. The Kier molecular flexibility index (Phi) is 4.43. The molecule has 0 heterocycles. The van der Waals surface area contributed by atoms with E-state index < -0.39 is 0 Å². The van der Waals surface area contributed by atoms with Crippen molar-refractivity contribution >= 4 is 11.6 Å². The maximum Gasteiger partial charge on any atom is 0.0613 e. The predicted octanol–water partition coefficient (Wildman–Crippen LogP) is 3.21. The molecule has 0 spiro atoms. The summed E-state index contributed by atoms with van der Waals surface area (Å²) in [5, 5.41) is 4.47. The number of ether oxygens (including phenoxy) is 1. The summed E-state index contributed by atoms with van der Waals surface area (Å²) in [5.74, 6) is 0.621. The van der Waals surface area contributed by atoms with Crippen molar-refractivity contribution in [3.63, 3.8) is 0 Å². The molecule has 1 N–H and O–H groups in total. The van der Waals surface area contributed by atoms with Gasteiger partial charge in [-0.3, -0.25) is 0 Å². The second kappa shape index (κ2) is 5.85. The molecule has 0 aromatic heterocycles. The van der Waals surface area contributed by atoms with Gasteiger partial charge in [0.15, 0.2) is 0 Å². The molecule has 2 rings (SSSR count). The molecule has 1 aromatic rings. The van der Waals surface area contributed by atoms with E-state index in [9.17, 15) is 0 Å². The molecule has 94 valence electrons. The molecular formula is C14H20ClNO. The highest BCUT2D eigenvalue weighted by Crippen LogP contribution is 2.39. The minimum Gasteiger partial charge on any atom is -0.383 e. The minimum atomic E-state index is 0.428. The van der Waals surface area contributed by atoms with Gasteiger partial charge in [-0.25, -0.2) is 0 Å². The molecule has 0 radical (unpaired) electrons. The Balaban J connectivity index is 1.81. The fraction of sp³-hybridized carbons (Fsp3) is 0.571. The predicted molar refractivity (Wildman–Crippen MR) is 71.7 cm³/mol. The third-order valence-corrected chi connectivity index (χ3v) is 3.76. The highest BCUT2D eigenvalue weighted by molar-refractivity contribution is 6.31. The van der Waals surface area contributed by atoms with Crippen LogP contribution < -0.4 is 5.32 Å². The number of rotatable bonds is 5. The quantitative estimate of drug-likeness (QED) is 0.870. The van der Waals surface area contributed by atoms with Crippen molar-refractivity contribution in [3.8, 4) is 0 Å². The van der Waals surface area contributed by atoms with Crippen molar-refractivity contribution in [2.45, 2.75) is 37.8 Å². The molecule has 0 saturated heterocycles. The largest absolute Gasteiger partial charge is 0.383 e. The van der Waals surface area contributed by atoms with E-state index in [1.165, 1.54) is 18.4 Å². The first-order chi connectivity index (χ1) is 8.20. The van der Waals surface area contributed by atoms with Crippen molar-refractivity contribution in [3.05, 3.63) is 34.9 Å². The first kappa shape index (κ1) is 12.9. The van der Waals surface area contributed by atoms with E-state index in [-0.39, 0.29) is 0 Å². The number of hydrogen-bond donors (Lipinski definition) is 1. The van der Waals surface area contributed by atoms with Crippen molar-refractivity contribution in [1.82, 2.24) is 5.32 Å². The highest BCUT2D eigenvalue weighted by atomic mass is 35.5. The number of hydrogen-bond acceptors (Lipinski definition) is 2. The van der Waals surface area contributed by atoms with Crippen LogP contribution in [0.4, 0.5) is 0 Å². The third-order valence-electron chi connectivity index (χ3n) is 3.42. The minimum absolute atomic E-state index is 0.428. The first-order valence-electron chi connectivity index (χ1n) is 6.20. The molecule has 1 saturated carbocycles. The van der Waals surface area contributed by atoms with Gasteiger partial charge in [-0.05, 0) is 37.3 Å². The number of methoxy groups -OCH3 is 1. The number of benzene rings is 1. The van der Waals surface area contributed by atoms with Crippen LogP contribution in [-0.2, 0) is 4.74 Å². The van der Waals surface area contributed by atoms with Crippen molar-refractivity contribution in [2.75, 3.05) is 13.7 Å². The molecule has 3 heteroatoms. The fourth-order valence-electron chi connectivity index (χ4n) is 2.51. The van der Waals surface area contributed by atoms with E-state index in [0.29, 0.717) is 18.0 Å². The zero-order valence-corrected chi connectivity index (χ0v) is 11.2. The zero-order valence-electron chi connectivity index (χ0n) is 10.4. The Bertz CT molecular complexity index is 363. The SMILES string of the molecule is COCC(C)NC1CC(c2ccccc2Cl)C1. The van der Waals surface area contributed by atoms with Gasteiger partial charge in [-0.1, -0.05) is 29.8 Å². The summed E-state index contributed by atoms with van der Waals surface area (Å²) >= 11 is 6.19. The van der Waals surface area contributed by atoms with Gasteiger partial charge in [-0.2, -0.15) is 0 Å². The summed E-state index contributed by atoms with van der Waals surface area (Å²) in [7, 11) is 1.74. The Morgan fingerprint density at radius 2 is 2.12 bits per heavy atom. The maximum absolute atomic E-state index is 6.19. The summed E-state index contributed by atoms with van der Waals surface area (Å²) in [5.41, 5.74) is 1.30. The first-order valence-corrected chi connectivity index (χ1v) is 6.58.